The lowest BCUT2D eigenvalue weighted by atomic mass is 10.0. The molecule has 0 spiro atoms. The Hall–Kier alpha value is -3.79. The minimum atomic E-state index is -1.62. The highest BCUT2D eigenvalue weighted by Crippen LogP contribution is 2.20. The molecule has 0 aliphatic rings. The fraction of sp³-hybridized carbons (Fsp3) is 0.789. The molecule has 0 radical (unpaired) electrons. The molecule has 0 bridgehead atoms. The zero-order chi connectivity index (χ0) is 71.8. The fourth-order valence-electron chi connectivity index (χ4n) is 12.4. The van der Waals surface area contributed by atoms with Gasteiger partial charge in [-0.2, -0.15) is 0 Å². The quantitative estimate of drug-likeness (QED) is 0.0195. The topological polar surface area (TPSA) is 111 Å². The summed E-state index contributed by atoms with van der Waals surface area (Å²) in [6.45, 7) is 4.68. The number of nitrogens with zero attached hydrogens (tertiary/aromatic N) is 1. The third-order valence-corrected chi connectivity index (χ3v) is 18.8. The van der Waals surface area contributed by atoms with E-state index in [0.29, 0.717) is 23.9 Å². The van der Waals surface area contributed by atoms with Crippen molar-refractivity contribution in [3.05, 3.63) is 97.2 Å². The molecule has 99 heavy (non-hydrogen) atoms. The maximum Gasteiger partial charge on any atom is 0.306 e. The Kier molecular flexibility index (Phi) is 76.8. The Morgan fingerprint density at radius 3 is 0.859 bits per heavy atom. The van der Waals surface area contributed by atoms with E-state index in [1.807, 2.05) is 21.1 Å². The van der Waals surface area contributed by atoms with Crippen molar-refractivity contribution in [2.75, 3.05) is 47.5 Å². The van der Waals surface area contributed by atoms with E-state index in [1.165, 1.54) is 289 Å². The first kappa shape index (κ1) is 95.2. The molecule has 0 amide bonds. The standard InChI is InChI=1S/C90H161NO8/c1-6-8-10-12-14-16-18-20-22-24-26-28-30-32-34-36-38-40-42-44-46-48-50-52-54-56-58-60-62-64-66-68-70-72-74-76-78-80-87(92)97-84-86(85-98-90(89(94)95)96-83-82-91(3,4)5)99-88(93)81-79-77-75-73-71-69-67-65-63-61-59-57-55-53-51-49-47-45-43-41-39-37-35-33-31-29-27-25-23-21-19-17-15-13-11-9-7-2/h9,11,15,17-18,20-21,23-24,26-27,29,33,35,39,41,86,90H,6-8,10,12-14,16,19,22,25,28,30-32,34,36-38,40,42-85H2,1-5H3/b11-9-,17-15-,20-18-,23-21-,26-24-,29-27-,35-33-,41-39-. The first-order valence-electron chi connectivity index (χ1n) is 42.4. The molecule has 9 heteroatoms. The number of esters is 2. The van der Waals surface area contributed by atoms with Gasteiger partial charge in [0.2, 0.25) is 0 Å². The predicted molar refractivity (Wildman–Crippen MR) is 426 cm³/mol. The number of allylic oxidation sites excluding steroid dienone is 16. The number of carboxylic acids is 1. The predicted octanol–water partition coefficient (Wildman–Crippen LogP) is 26.2. The van der Waals surface area contributed by atoms with Crippen LogP contribution in [0.3, 0.4) is 0 Å². The zero-order valence-corrected chi connectivity index (χ0v) is 65.9. The van der Waals surface area contributed by atoms with Gasteiger partial charge in [0.05, 0.1) is 40.3 Å². The van der Waals surface area contributed by atoms with Crippen LogP contribution in [0.5, 0.6) is 0 Å². The van der Waals surface area contributed by atoms with E-state index < -0.39 is 24.3 Å². The molecule has 574 valence electrons. The fourth-order valence-corrected chi connectivity index (χ4v) is 12.4. The number of carboxylic acid groups (broad SMARTS) is 1. The van der Waals surface area contributed by atoms with Crippen molar-refractivity contribution in [1.82, 2.24) is 0 Å². The van der Waals surface area contributed by atoms with Crippen LogP contribution in [-0.4, -0.2) is 82.3 Å². The average molecular weight is 1390 g/mol. The van der Waals surface area contributed by atoms with Crippen LogP contribution in [-0.2, 0) is 33.3 Å². The maximum atomic E-state index is 13.0. The third-order valence-electron chi connectivity index (χ3n) is 18.8. The molecule has 0 N–H and O–H groups in total. The summed E-state index contributed by atoms with van der Waals surface area (Å²) < 4.78 is 22.9. The van der Waals surface area contributed by atoms with Gasteiger partial charge >= 0.3 is 11.9 Å². The molecule has 0 saturated heterocycles. The molecular formula is C90H161NO8. The highest BCUT2D eigenvalue weighted by atomic mass is 16.7. The SMILES string of the molecule is CC/C=C\C/C=C\C/C=C\C/C=C\C/C=C\C/C=C\CCCCCCCCCCCCCCCCCCCCC(=O)OC(COC(=O)CCCCCCCCCCCCCCCCCCCCCCCCCCC/C=C\C/C=C\CCCCCCC)COC(OCC[N+](C)(C)C)C(=O)[O-]. The Bertz CT molecular complexity index is 1960. The number of carbonyl (C=O) groups is 3. The van der Waals surface area contributed by atoms with Crippen LogP contribution < -0.4 is 5.11 Å². The monoisotopic (exact) mass is 1380 g/mol. The van der Waals surface area contributed by atoms with E-state index in [0.717, 1.165) is 77.0 Å². The van der Waals surface area contributed by atoms with Crippen molar-refractivity contribution >= 4 is 17.9 Å². The van der Waals surface area contributed by atoms with E-state index in [4.69, 9.17) is 18.9 Å². The molecule has 2 unspecified atom stereocenters. The van der Waals surface area contributed by atoms with Gasteiger partial charge in [-0.25, -0.2) is 0 Å². The molecule has 2 atom stereocenters. The highest BCUT2D eigenvalue weighted by molar-refractivity contribution is 5.70. The summed E-state index contributed by atoms with van der Waals surface area (Å²) in [5.74, 6) is -2.26. The van der Waals surface area contributed by atoms with Crippen molar-refractivity contribution in [3.8, 4) is 0 Å². The minimum absolute atomic E-state index is 0.148. The van der Waals surface area contributed by atoms with Crippen molar-refractivity contribution in [3.63, 3.8) is 0 Å². The summed E-state index contributed by atoms with van der Waals surface area (Å²) in [6, 6.07) is 0. The number of hydrogen-bond donors (Lipinski definition) is 0. The molecular weight excluding hydrogens is 1220 g/mol. The molecule has 0 saturated carbocycles. The molecule has 0 rings (SSSR count). The number of ether oxygens (including phenoxy) is 4. The number of unbranched alkanes of at least 4 members (excludes halogenated alkanes) is 48. The summed E-state index contributed by atoms with van der Waals surface area (Å²) in [6.07, 6.45) is 108. The molecule has 9 nitrogen and oxygen atoms in total. The van der Waals surface area contributed by atoms with E-state index in [9.17, 15) is 19.5 Å². The second kappa shape index (κ2) is 79.9. The highest BCUT2D eigenvalue weighted by Gasteiger charge is 2.22. The van der Waals surface area contributed by atoms with Gasteiger partial charge in [0, 0.05) is 12.8 Å². The van der Waals surface area contributed by atoms with Crippen molar-refractivity contribution in [1.29, 1.82) is 0 Å². The van der Waals surface area contributed by atoms with Gasteiger partial charge in [-0.15, -0.1) is 0 Å². The number of quaternary nitrogens is 1. The first-order chi connectivity index (χ1) is 48.6. The van der Waals surface area contributed by atoms with Gasteiger partial charge in [0.25, 0.3) is 0 Å². The van der Waals surface area contributed by atoms with E-state index in [-0.39, 0.29) is 32.2 Å². The lowest BCUT2D eigenvalue weighted by Gasteiger charge is -2.26. The molecule has 0 aromatic rings. The number of hydrogen-bond acceptors (Lipinski definition) is 8. The van der Waals surface area contributed by atoms with Crippen LogP contribution in [0.15, 0.2) is 97.2 Å². The van der Waals surface area contributed by atoms with Crippen molar-refractivity contribution < 1.29 is 42.9 Å². The lowest BCUT2D eigenvalue weighted by Crippen LogP contribution is -2.44. The number of rotatable bonds is 79. The summed E-state index contributed by atoms with van der Waals surface area (Å²) in [5, 5.41) is 11.9. The van der Waals surface area contributed by atoms with Crippen LogP contribution in [0.25, 0.3) is 0 Å². The second-order valence-electron chi connectivity index (χ2n) is 29.7. The minimum Gasteiger partial charge on any atom is -0.545 e. The molecule has 0 fully saturated rings. The summed E-state index contributed by atoms with van der Waals surface area (Å²) in [5.41, 5.74) is 0. The molecule has 0 heterocycles. The number of aliphatic carboxylic acids is 1. The van der Waals surface area contributed by atoms with Crippen LogP contribution in [0.2, 0.25) is 0 Å². The molecule has 0 aliphatic heterocycles. The zero-order valence-electron chi connectivity index (χ0n) is 65.9. The molecule has 0 aromatic heterocycles. The van der Waals surface area contributed by atoms with E-state index in [2.05, 4.69) is 111 Å². The largest absolute Gasteiger partial charge is 0.545 e. The van der Waals surface area contributed by atoms with Crippen LogP contribution >= 0.6 is 0 Å². The van der Waals surface area contributed by atoms with Gasteiger partial charge in [0.1, 0.15) is 13.2 Å². The van der Waals surface area contributed by atoms with Gasteiger partial charge in [-0.3, -0.25) is 9.59 Å². The summed E-state index contributed by atoms with van der Waals surface area (Å²) >= 11 is 0. The summed E-state index contributed by atoms with van der Waals surface area (Å²) in [4.78, 5) is 37.7. The second-order valence-corrected chi connectivity index (χ2v) is 29.7. The van der Waals surface area contributed by atoms with Gasteiger partial charge in [-0.1, -0.05) is 387 Å². The van der Waals surface area contributed by atoms with Gasteiger partial charge in [-0.05, 0) is 96.3 Å². The Balaban J connectivity index is 3.96. The van der Waals surface area contributed by atoms with Crippen molar-refractivity contribution in [2.24, 2.45) is 0 Å². The number of carbonyl (C=O) groups excluding carboxylic acids is 3. The summed E-state index contributed by atoms with van der Waals surface area (Å²) in [7, 11) is 5.95. The van der Waals surface area contributed by atoms with Crippen LogP contribution in [0.4, 0.5) is 0 Å². The smallest absolute Gasteiger partial charge is 0.306 e. The van der Waals surface area contributed by atoms with Crippen LogP contribution in [0, 0.1) is 0 Å². The Morgan fingerprint density at radius 2 is 0.576 bits per heavy atom. The normalized spacial score (nSPS) is 13.1. The van der Waals surface area contributed by atoms with E-state index >= 15 is 0 Å². The Morgan fingerprint density at radius 1 is 0.313 bits per heavy atom. The molecule has 0 aliphatic carbocycles. The number of likely N-dealkylation sites (N-methyl/N-ethyl adjacent to an activating group) is 1. The maximum absolute atomic E-state index is 13.0. The Labute approximate surface area is 613 Å². The first-order valence-corrected chi connectivity index (χ1v) is 42.4. The van der Waals surface area contributed by atoms with Gasteiger partial charge in [0.15, 0.2) is 12.4 Å². The van der Waals surface area contributed by atoms with Crippen LogP contribution in [0.1, 0.15) is 399 Å². The average Bonchev–Trinajstić information content (AvgIpc) is 2.19. The van der Waals surface area contributed by atoms with Gasteiger partial charge < -0.3 is 33.3 Å². The van der Waals surface area contributed by atoms with E-state index in [1.54, 1.807) is 0 Å². The lowest BCUT2D eigenvalue weighted by molar-refractivity contribution is -0.870. The molecule has 0 aromatic carbocycles. The third kappa shape index (κ3) is 81.4. The van der Waals surface area contributed by atoms with Crippen molar-refractivity contribution in [2.45, 2.75) is 411 Å².